The van der Waals surface area contributed by atoms with Gasteiger partial charge in [-0.3, -0.25) is 4.79 Å². The molecule has 0 spiro atoms. The van der Waals surface area contributed by atoms with E-state index in [9.17, 15) is 4.79 Å². The molecule has 0 fully saturated rings. The molecule has 3 N–H and O–H groups in total. The van der Waals surface area contributed by atoms with Gasteiger partial charge in [-0.1, -0.05) is 36.4 Å². The molecule has 2 heterocycles. The van der Waals surface area contributed by atoms with Crippen molar-refractivity contribution in [3.8, 4) is 5.75 Å². The molecular formula is C24H24N6O2. The van der Waals surface area contributed by atoms with Crippen molar-refractivity contribution in [3.63, 3.8) is 0 Å². The summed E-state index contributed by atoms with van der Waals surface area (Å²) in [6, 6.07) is 20.8. The van der Waals surface area contributed by atoms with Gasteiger partial charge in [-0.05, 0) is 48.0 Å². The van der Waals surface area contributed by atoms with E-state index in [1.807, 2.05) is 73.7 Å². The van der Waals surface area contributed by atoms with E-state index in [-0.39, 0.29) is 5.91 Å². The predicted molar refractivity (Wildman–Crippen MR) is 125 cm³/mol. The largest absolute Gasteiger partial charge is 0.493 e. The van der Waals surface area contributed by atoms with Crippen molar-refractivity contribution in [2.75, 3.05) is 30.3 Å². The Bertz CT molecular complexity index is 1180. The minimum Gasteiger partial charge on any atom is -0.493 e. The van der Waals surface area contributed by atoms with Crippen LogP contribution in [0.3, 0.4) is 0 Å². The summed E-state index contributed by atoms with van der Waals surface area (Å²) in [5.74, 6) is 2.32. The molecule has 8 heteroatoms. The number of anilines is 3. The van der Waals surface area contributed by atoms with Crippen LogP contribution in [0.5, 0.6) is 5.75 Å². The zero-order valence-corrected chi connectivity index (χ0v) is 17.7. The highest BCUT2D eigenvalue weighted by Crippen LogP contribution is 2.28. The lowest BCUT2D eigenvalue weighted by Gasteiger charge is -2.14. The van der Waals surface area contributed by atoms with E-state index in [1.54, 1.807) is 6.20 Å². The molecule has 162 valence electrons. The summed E-state index contributed by atoms with van der Waals surface area (Å²) in [5, 5.41) is 19.3. The lowest BCUT2D eigenvalue weighted by Crippen LogP contribution is -2.29. The van der Waals surface area contributed by atoms with Gasteiger partial charge in [0, 0.05) is 19.3 Å². The van der Waals surface area contributed by atoms with Crippen LogP contribution in [0.2, 0.25) is 0 Å². The standard InChI is InChI=1S/C24H24N6O2/c1-2-32-19-11-10-17-7-3-4-8-18(17)23(19)24(31)27-16-15-26-21-12-13-22(30-29-21)28-20-9-5-6-14-25-20/h3-14H,2,15-16H2,1H3,(H,26,29)(H,27,31)(H,25,28,30). The smallest absolute Gasteiger partial charge is 0.255 e. The molecule has 4 aromatic rings. The van der Waals surface area contributed by atoms with Crippen LogP contribution in [0.1, 0.15) is 17.3 Å². The number of aromatic nitrogens is 3. The lowest BCUT2D eigenvalue weighted by atomic mass is 10.0. The Kier molecular flexibility index (Phi) is 6.72. The van der Waals surface area contributed by atoms with E-state index >= 15 is 0 Å². The van der Waals surface area contributed by atoms with E-state index in [0.717, 1.165) is 10.8 Å². The van der Waals surface area contributed by atoms with Gasteiger partial charge in [-0.25, -0.2) is 4.98 Å². The van der Waals surface area contributed by atoms with Gasteiger partial charge in [-0.15, -0.1) is 10.2 Å². The van der Waals surface area contributed by atoms with Crippen molar-refractivity contribution in [2.45, 2.75) is 6.92 Å². The van der Waals surface area contributed by atoms with Crippen LogP contribution in [-0.2, 0) is 0 Å². The van der Waals surface area contributed by atoms with Crippen molar-refractivity contribution in [1.82, 2.24) is 20.5 Å². The van der Waals surface area contributed by atoms with Crippen molar-refractivity contribution in [3.05, 3.63) is 78.5 Å². The topological polar surface area (TPSA) is 101 Å². The Labute approximate surface area is 186 Å². The third-order valence-corrected chi connectivity index (χ3v) is 4.72. The van der Waals surface area contributed by atoms with Gasteiger partial charge in [0.05, 0.1) is 12.2 Å². The van der Waals surface area contributed by atoms with Gasteiger partial charge in [0.15, 0.2) is 5.82 Å². The SMILES string of the molecule is CCOc1ccc2ccccc2c1C(=O)NCCNc1ccc(Nc2ccccn2)nn1. The maximum atomic E-state index is 12.9. The number of benzene rings is 2. The molecule has 32 heavy (non-hydrogen) atoms. The predicted octanol–water partition coefficient (Wildman–Crippen LogP) is 4.01. The van der Waals surface area contributed by atoms with E-state index in [1.165, 1.54) is 0 Å². The molecule has 1 amide bonds. The molecule has 0 aliphatic carbocycles. The molecule has 2 aromatic heterocycles. The fourth-order valence-electron chi connectivity index (χ4n) is 3.28. The summed E-state index contributed by atoms with van der Waals surface area (Å²) >= 11 is 0. The first-order chi connectivity index (χ1) is 15.7. The highest BCUT2D eigenvalue weighted by molar-refractivity contribution is 6.09. The average molecular weight is 428 g/mol. The second kappa shape index (κ2) is 10.2. The molecular weight excluding hydrogens is 404 g/mol. The fraction of sp³-hybridized carbons (Fsp3) is 0.167. The second-order valence-electron chi connectivity index (χ2n) is 6.92. The minimum absolute atomic E-state index is 0.173. The third-order valence-electron chi connectivity index (χ3n) is 4.72. The zero-order valence-electron chi connectivity index (χ0n) is 17.7. The third kappa shape index (κ3) is 5.10. The molecule has 0 radical (unpaired) electrons. The van der Waals surface area contributed by atoms with Crippen LogP contribution in [-0.4, -0.2) is 40.8 Å². The molecule has 0 aliphatic heterocycles. The number of hydrogen-bond acceptors (Lipinski definition) is 7. The summed E-state index contributed by atoms with van der Waals surface area (Å²) < 4.78 is 5.69. The molecule has 0 aliphatic rings. The highest BCUT2D eigenvalue weighted by atomic mass is 16.5. The van der Waals surface area contributed by atoms with Crippen LogP contribution in [0.15, 0.2) is 72.9 Å². The first-order valence-electron chi connectivity index (χ1n) is 10.4. The number of nitrogens with zero attached hydrogens (tertiary/aromatic N) is 3. The van der Waals surface area contributed by atoms with Crippen molar-refractivity contribution in [1.29, 1.82) is 0 Å². The van der Waals surface area contributed by atoms with Gasteiger partial charge >= 0.3 is 0 Å². The number of hydrogen-bond donors (Lipinski definition) is 3. The Balaban J connectivity index is 1.33. The maximum absolute atomic E-state index is 12.9. The summed E-state index contributed by atoms with van der Waals surface area (Å²) in [5.41, 5.74) is 0.551. The normalized spacial score (nSPS) is 10.5. The Morgan fingerprint density at radius 1 is 0.875 bits per heavy atom. The highest BCUT2D eigenvalue weighted by Gasteiger charge is 2.16. The van der Waals surface area contributed by atoms with E-state index < -0.39 is 0 Å². The van der Waals surface area contributed by atoms with Crippen molar-refractivity contribution in [2.24, 2.45) is 0 Å². The van der Waals surface area contributed by atoms with E-state index in [2.05, 4.69) is 31.1 Å². The fourth-order valence-corrected chi connectivity index (χ4v) is 3.28. The average Bonchev–Trinajstić information content (AvgIpc) is 2.83. The number of amides is 1. The second-order valence-corrected chi connectivity index (χ2v) is 6.92. The van der Waals surface area contributed by atoms with Gasteiger partial charge in [0.1, 0.15) is 17.4 Å². The summed E-state index contributed by atoms with van der Waals surface area (Å²) in [6.45, 7) is 3.31. The number of carbonyl (C=O) groups is 1. The first kappa shape index (κ1) is 21.0. The zero-order chi connectivity index (χ0) is 22.2. The van der Waals surface area contributed by atoms with Crippen LogP contribution in [0.25, 0.3) is 10.8 Å². The first-order valence-corrected chi connectivity index (χ1v) is 10.4. The van der Waals surface area contributed by atoms with E-state index in [4.69, 9.17) is 4.74 Å². The Morgan fingerprint density at radius 2 is 1.69 bits per heavy atom. The number of ether oxygens (including phenoxy) is 1. The number of rotatable bonds is 9. The molecule has 4 rings (SSSR count). The van der Waals surface area contributed by atoms with Crippen LogP contribution in [0, 0.1) is 0 Å². The number of pyridine rings is 1. The molecule has 2 aromatic carbocycles. The summed E-state index contributed by atoms with van der Waals surface area (Å²) in [6.07, 6.45) is 1.70. The van der Waals surface area contributed by atoms with Gasteiger partial charge in [-0.2, -0.15) is 0 Å². The molecule has 0 saturated heterocycles. The number of carbonyl (C=O) groups excluding carboxylic acids is 1. The quantitative estimate of drug-likeness (QED) is 0.346. The monoisotopic (exact) mass is 428 g/mol. The lowest BCUT2D eigenvalue weighted by molar-refractivity contribution is 0.0953. The maximum Gasteiger partial charge on any atom is 0.255 e. The molecule has 0 atom stereocenters. The van der Waals surface area contributed by atoms with Crippen LogP contribution >= 0.6 is 0 Å². The van der Waals surface area contributed by atoms with Crippen LogP contribution < -0.4 is 20.7 Å². The molecule has 8 nitrogen and oxygen atoms in total. The Hall–Kier alpha value is -4.20. The summed E-state index contributed by atoms with van der Waals surface area (Å²) in [7, 11) is 0. The van der Waals surface area contributed by atoms with Gasteiger partial charge < -0.3 is 20.7 Å². The number of nitrogens with one attached hydrogen (secondary N) is 3. The van der Waals surface area contributed by atoms with E-state index in [0.29, 0.717) is 48.5 Å². The molecule has 0 bridgehead atoms. The van der Waals surface area contributed by atoms with Crippen molar-refractivity contribution < 1.29 is 9.53 Å². The summed E-state index contributed by atoms with van der Waals surface area (Å²) in [4.78, 5) is 17.1. The van der Waals surface area contributed by atoms with Crippen LogP contribution in [0.4, 0.5) is 17.5 Å². The van der Waals surface area contributed by atoms with Gasteiger partial charge in [0.2, 0.25) is 0 Å². The Morgan fingerprint density at radius 3 is 2.47 bits per heavy atom. The molecule has 0 unspecified atom stereocenters. The number of fused-ring (bicyclic) bond motifs is 1. The molecule has 0 saturated carbocycles. The minimum atomic E-state index is -0.173. The van der Waals surface area contributed by atoms with Crippen molar-refractivity contribution >= 4 is 34.1 Å². The van der Waals surface area contributed by atoms with Gasteiger partial charge in [0.25, 0.3) is 5.91 Å².